The molecule has 0 saturated heterocycles. The van der Waals surface area contributed by atoms with E-state index in [2.05, 4.69) is 24.3 Å². The summed E-state index contributed by atoms with van der Waals surface area (Å²) in [5, 5.41) is 3.59. The van der Waals surface area contributed by atoms with Gasteiger partial charge in [0.2, 0.25) is 5.91 Å². The van der Waals surface area contributed by atoms with E-state index in [-0.39, 0.29) is 5.91 Å². The second-order valence-electron chi connectivity index (χ2n) is 7.27. The van der Waals surface area contributed by atoms with E-state index in [1.165, 1.54) is 32.1 Å². The van der Waals surface area contributed by atoms with Crippen LogP contribution >= 0.6 is 0 Å². The number of hydrogen-bond acceptors (Lipinski definition) is 3. The van der Waals surface area contributed by atoms with Crippen LogP contribution in [-0.2, 0) is 4.79 Å². The molecule has 4 aliphatic rings. The van der Waals surface area contributed by atoms with Crippen LogP contribution < -0.4 is 11.1 Å². The zero-order chi connectivity index (χ0) is 13.6. The van der Waals surface area contributed by atoms with Crippen LogP contribution in [0.2, 0.25) is 0 Å². The van der Waals surface area contributed by atoms with Crippen molar-refractivity contribution in [2.75, 3.05) is 27.2 Å². The minimum atomic E-state index is -0.399. The fraction of sp³-hybridized carbons (Fsp3) is 0.933. The summed E-state index contributed by atoms with van der Waals surface area (Å²) < 4.78 is 0. The van der Waals surface area contributed by atoms with Crippen molar-refractivity contribution in [2.45, 2.75) is 37.6 Å². The van der Waals surface area contributed by atoms with Crippen molar-refractivity contribution in [3.8, 4) is 0 Å². The third-order valence-corrected chi connectivity index (χ3v) is 5.81. The molecule has 4 bridgehead atoms. The number of nitrogens with zero attached hydrogens (tertiary/aromatic N) is 1. The Bertz CT molecular complexity index is 338. The Morgan fingerprint density at radius 1 is 1.16 bits per heavy atom. The van der Waals surface area contributed by atoms with E-state index in [0.717, 1.165) is 24.9 Å². The lowest BCUT2D eigenvalue weighted by Gasteiger charge is -2.60. The topological polar surface area (TPSA) is 58.4 Å². The molecule has 4 rings (SSSR count). The third kappa shape index (κ3) is 2.09. The minimum Gasteiger partial charge on any atom is -0.368 e. The van der Waals surface area contributed by atoms with E-state index in [4.69, 9.17) is 5.73 Å². The molecule has 0 unspecified atom stereocenters. The van der Waals surface area contributed by atoms with Gasteiger partial charge in [0.15, 0.2) is 0 Å². The van der Waals surface area contributed by atoms with Gasteiger partial charge in [0, 0.05) is 13.1 Å². The van der Waals surface area contributed by atoms with Crippen molar-refractivity contribution >= 4 is 5.91 Å². The highest BCUT2D eigenvalue weighted by Gasteiger charge is 2.59. The highest BCUT2D eigenvalue weighted by Crippen LogP contribution is 2.58. The highest BCUT2D eigenvalue weighted by atomic mass is 16.1. The van der Waals surface area contributed by atoms with Crippen molar-refractivity contribution in [2.24, 2.45) is 29.4 Å². The minimum absolute atomic E-state index is 0.0972. The first-order valence-corrected chi connectivity index (χ1v) is 7.72. The van der Waals surface area contributed by atoms with Crippen LogP contribution in [0.4, 0.5) is 0 Å². The predicted molar refractivity (Wildman–Crippen MR) is 75.5 cm³/mol. The molecule has 108 valence electrons. The number of rotatable bonds is 5. The summed E-state index contributed by atoms with van der Waals surface area (Å²) in [5.41, 5.74) is 5.46. The first-order valence-electron chi connectivity index (χ1n) is 7.72. The van der Waals surface area contributed by atoms with Crippen molar-refractivity contribution < 1.29 is 4.79 Å². The molecule has 0 heterocycles. The van der Waals surface area contributed by atoms with Crippen LogP contribution in [0.15, 0.2) is 0 Å². The Morgan fingerprint density at radius 3 is 2.11 bits per heavy atom. The van der Waals surface area contributed by atoms with Crippen molar-refractivity contribution in [3.05, 3.63) is 0 Å². The summed E-state index contributed by atoms with van der Waals surface area (Å²) in [4.78, 5) is 14.4. The van der Waals surface area contributed by atoms with Crippen LogP contribution in [0.3, 0.4) is 0 Å². The highest BCUT2D eigenvalue weighted by molar-refractivity contribution is 5.86. The lowest BCUT2D eigenvalue weighted by atomic mass is 9.48. The second-order valence-corrected chi connectivity index (χ2v) is 7.27. The molecule has 0 aromatic heterocycles. The number of carbonyl (C=O) groups excluding carboxylic acids is 1. The van der Waals surface area contributed by atoms with Crippen LogP contribution in [0, 0.1) is 23.7 Å². The smallest absolute Gasteiger partial charge is 0.238 e. The number of primary amides is 1. The van der Waals surface area contributed by atoms with Crippen molar-refractivity contribution in [3.63, 3.8) is 0 Å². The summed E-state index contributed by atoms with van der Waals surface area (Å²) in [6.45, 7) is 1.82. The van der Waals surface area contributed by atoms with Gasteiger partial charge in [-0.25, -0.2) is 0 Å². The Hall–Kier alpha value is -0.610. The normalized spacial score (nSPS) is 43.9. The molecule has 3 N–H and O–H groups in total. The number of nitrogens with one attached hydrogen (secondary N) is 1. The SMILES string of the molecule is CN(C)CCNC1(C(N)=O)C2CC3CC(C2)CC1C3. The molecule has 0 aliphatic heterocycles. The van der Waals surface area contributed by atoms with Crippen LogP contribution in [0.1, 0.15) is 32.1 Å². The molecular weight excluding hydrogens is 238 g/mol. The van der Waals surface area contributed by atoms with Gasteiger partial charge in [-0.05, 0) is 69.9 Å². The molecular formula is C15H27N3O. The van der Waals surface area contributed by atoms with Gasteiger partial charge in [-0.1, -0.05) is 0 Å². The fourth-order valence-corrected chi connectivity index (χ4v) is 5.19. The van der Waals surface area contributed by atoms with Gasteiger partial charge < -0.3 is 16.0 Å². The van der Waals surface area contributed by atoms with Gasteiger partial charge in [-0.3, -0.25) is 4.79 Å². The van der Waals surface area contributed by atoms with Crippen LogP contribution in [0.25, 0.3) is 0 Å². The van der Waals surface area contributed by atoms with Gasteiger partial charge in [0.05, 0.1) is 0 Å². The van der Waals surface area contributed by atoms with Crippen molar-refractivity contribution in [1.29, 1.82) is 0 Å². The molecule has 4 fully saturated rings. The molecule has 4 aliphatic carbocycles. The number of carbonyl (C=O) groups is 1. The van der Waals surface area contributed by atoms with Gasteiger partial charge in [0.1, 0.15) is 5.54 Å². The molecule has 4 nitrogen and oxygen atoms in total. The Morgan fingerprint density at radius 2 is 1.68 bits per heavy atom. The summed E-state index contributed by atoms with van der Waals surface area (Å²) >= 11 is 0. The number of hydrogen-bond donors (Lipinski definition) is 2. The summed E-state index contributed by atoms with van der Waals surface area (Å²) in [7, 11) is 4.13. The van der Waals surface area contributed by atoms with E-state index in [1.807, 2.05) is 0 Å². The fourth-order valence-electron chi connectivity index (χ4n) is 5.19. The molecule has 0 aromatic rings. The summed E-state index contributed by atoms with van der Waals surface area (Å²) in [5.74, 6) is 2.61. The lowest BCUT2D eigenvalue weighted by Crippen LogP contribution is -2.71. The average Bonchev–Trinajstić information content (AvgIpc) is 2.31. The molecule has 0 atom stereocenters. The Labute approximate surface area is 116 Å². The van der Waals surface area contributed by atoms with Gasteiger partial charge in [-0.2, -0.15) is 0 Å². The number of amides is 1. The third-order valence-electron chi connectivity index (χ3n) is 5.81. The van der Waals surface area contributed by atoms with E-state index < -0.39 is 5.54 Å². The Kier molecular flexibility index (Phi) is 3.34. The lowest BCUT2D eigenvalue weighted by molar-refractivity contribution is -0.143. The van der Waals surface area contributed by atoms with Gasteiger partial charge in [0.25, 0.3) is 0 Å². The van der Waals surface area contributed by atoms with Gasteiger partial charge in [-0.15, -0.1) is 0 Å². The van der Waals surface area contributed by atoms with E-state index in [0.29, 0.717) is 11.8 Å². The molecule has 19 heavy (non-hydrogen) atoms. The standard InChI is InChI=1S/C15H27N3O/c1-18(2)4-3-17-15(14(16)19)12-6-10-5-11(8-12)9-13(15)7-10/h10-13,17H,3-9H2,1-2H3,(H2,16,19). The van der Waals surface area contributed by atoms with E-state index >= 15 is 0 Å². The van der Waals surface area contributed by atoms with Crippen molar-refractivity contribution in [1.82, 2.24) is 10.2 Å². The maximum atomic E-state index is 12.2. The van der Waals surface area contributed by atoms with Gasteiger partial charge >= 0.3 is 0 Å². The largest absolute Gasteiger partial charge is 0.368 e. The second kappa shape index (κ2) is 4.74. The maximum Gasteiger partial charge on any atom is 0.238 e. The predicted octanol–water partition coefficient (Wildman–Crippen LogP) is 0.818. The molecule has 0 spiro atoms. The zero-order valence-electron chi connectivity index (χ0n) is 12.2. The Balaban J connectivity index is 1.78. The summed E-state index contributed by atoms with van der Waals surface area (Å²) in [6, 6.07) is 0. The molecule has 0 aromatic carbocycles. The van der Waals surface area contributed by atoms with Crippen LogP contribution in [0.5, 0.6) is 0 Å². The number of likely N-dealkylation sites (N-methyl/N-ethyl adjacent to an activating group) is 1. The van der Waals surface area contributed by atoms with Crippen LogP contribution in [-0.4, -0.2) is 43.5 Å². The quantitative estimate of drug-likeness (QED) is 0.774. The summed E-state index contributed by atoms with van der Waals surface area (Å²) in [6.07, 6.45) is 6.26. The monoisotopic (exact) mass is 265 g/mol. The first kappa shape index (κ1) is 13.4. The molecule has 4 saturated carbocycles. The average molecular weight is 265 g/mol. The van der Waals surface area contributed by atoms with E-state index in [9.17, 15) is 4.79 Å². The number of nitrogens with two attached hydrogens (primary N) is 1. The molecule has 4 heteroatoms. The maximum absolute atomic E-state index is 12.2. The zero-order valence-corrected chi connectivity index (χ0v) is 12.2. The molecule has 1 amide bonds. The molecule has 0 radical (unpaired) electrons. The first-order chi connectivity index (χ1) is 9.02. The van der Waals surface area contributed by atoms with E-state index in [1.54, 1.807) is 0 Å².